The van der Waals surface area contributed by atoms with Crippen LogP contribution in [0.5, 0.6) is 0 Å². The molecule has 52 heavy (non-hydrogen) atoms. The summed E-state index contributed by atoms with van der Waals surface area (Å²) in [4.78, 5) is 10.9. The van der Waals surface area contributed by atoms with Gasteiger partial charge in [0.25, 0.3) is 0 Å². The zero-order chi connectivity index (χ0) is 34.2. The second-order valence-corrected chi connectivity index (χ2v) is 15.8. The average molecular weight is 699 g/mol. The number of hydrogen-bond acceptors (Lipinski definition) is 4. The van der Waals surface area contributed by atoms with Gasteiger partial charge in [-0.15, -0.1) is 22.7 Å². The summed E-state index contributed by atoms with van der Waals surface area (Å²) in [5.74, 6) is 0.754. The van der Waals surface area contributed by atoms with Crippen molar-refractivity contribution in [3.05, 3.63) is 163 Å². The maximum atomic E-state index is 5.47. The maximum Gasteiger partial charge on any atom is 0.160 e. The normalized spacial score (nSPS) is 12.8. The number of thiophene rings is 2. The number of rotatable bonds is 4. The zero-order valence-corrected chi connectivity index (χ0v) is 29.8. The first-order valence-electron chi connectivity index (χ1n) is 17.8. The number of hydrogen-bond donors (Lipinski definition) is 0. The van der Waals surface area contributed by atoms with E-state index in [4.69, 9.17) is 9.97 Å². The van der Waals surface area contributed by atoms with Gasteiger partial charge in [-0.25, -0.2) is 9.97 Å². The molecule has 2 nitrogen and oxygen atoms in total. The molecule has 0 spiro atoms. The lowest BCUT2D eigenvalue weighted by atomic mass is 9.91. The van der Waals surface area contributed by atoms with Crippen molar-refractivity contribution in [3.63, 3.8) is 0 Å². The van der Waals surface area contributed by atoms with Gasteiger partial charge < -0.3 is 0 Å². The van der Waals surface area contributed by atoms with Gasteiger partial charge in [0.05, 0.1) is 15.9 Å². The molecule has 0 atom stereocenters. The van der Waals surface area contributed by atoms with Crippen molar-refractivity contribution in [2.75, 3.05) is 0 Å². The van der Waals surface area contributed by atoms with Gasteiger partial charge in [0, 0.05) is 41.4 Å². The minimum atomic E-state index is 0.754. The van der Waals surface area contributed by atoms with E-state index in [-0.39, 0.29) is 0 Å². The van der Waals surface area contributed by atoms with Gasteiger partial charge in [0.2, 0.25) is 0 Å². The minimum absolute atomic E-state index is 0.754. The highest BCUT2D eigenvalue weighted by Crippen LogP contribution is 2.45. The monoisotopic (exact) mass is 698 g/mol. The molecule has 3 aromatic heterocycles. The standard InChI is InChI=1S/C48H30N2S2/c1-2-10-29(11-3-1)32-19-20-34-26-36(23-21-33(34)24-32)45-47-46(39-15-7-9-17-42(39)52-47)50-48(49-45)37-27-40(35-22-18-30-12-4-5-13-31(30)25-35)44-38-14-6-8-16-41(38)51-43(44)28-37/h1-3,5-11,13-28H,4,12H2. The number of aryl methyl sites for hydroxylation is 1. The predicted octanol–water partition coefficient (Wildman–Crippen LogP) is 14.0. The Morgan fingerprint density at radius 1 is 0.500 bits per heavy atom. The molecule has 3 heterocycles. The second kappa shape index (κ2) is 11.8. The summed E-state index contributed by atoms with van der Waals surface area (Å²) in [5.41, 5.74) is 11.8. The molecule has 0 amide bonds. The minimum Gasteiger partial charge on any atom is -0.226 e. The predicted molar refractivity (Wildman–Crippen MR) is 224 cm³/mol. The Hall–Kier alpha value is -5.94. The van der Waals surface area contributed by atoms with E-state index < -0.39 is 0 Å². The van der Waals surface area contributed by atoms with Gasteiger partial charge >= 0.3 is 0 Å². The molecule has 0 radical (unpaired) electrons. The molecule has 7 aromatic carbocycles. The molecule has 10 aromatic rings. The quantitative estimate of drug-likeness (QED) is 0.183. The lowest BCUT2D eigenvalue weighted by Crippen LogP contribution is -1.96. The third kappa shape index (κ3) is 4.83. The van der Waals surface area contributed by atoms with Crippen LogP contribution >= 0.6 is 22.7 Å². The van der Waals surface area contributed by atoms with Crippen molar-refractivity contribution in [3.8, 4) is 44.9 Å². The fourth-order valence-electron chi connectivity index (χ4n) is 7.92. The van der Waals surface area contributed by atoms with Crippen LogP contribution in [0.1, 0.15) is 17.5 Å². The fraction of sp³-hybridized carbons (Fsp3) is 0.0417. The first-order chi connectivity index (χ1) is 25.7. The number of aromatic nitrogens is 2. The topological polar surface area (TPSA) is 25.8 Å². The number of nitrogens with zero attached hydrogens (tertiary/aromatic N) is 2. The Morgan fingerprint density at radius 3 is 2.10 bits per heavy atom. The van der Waals surface area contributed by atoms with Gasteiger partial charge in [0.1, 0.15) is 0 Å². The molecule has 0 unspecified atom stereocenters. The van der Waals surface area contributed by atoms with E-state index in [2.05, 4.69) is 158 Å². The highest BCUT2D eigenvalue weighted by Gasteiger charge is 2.20. The smallest absolute Gasteiger partial charge is 0.160 e. The van der Waals surface area contributed by atoms with Crippen LogP contribution in [0, 0.1) is 0 Å². The van der Waals surface area contributed by atoms with E-state index in [1.807, 2.05) is 11.3 Å². The largest absolute Gasteiger partial charge is 0.226 e. The van der Waals surface area contributed by atoms with Crippen LogP contribution in [-0.2, 0) is 6.42 Å². The van der Waals surface area contributed by atoms with Crippen molar-refractivity contribution in [2.45, 2.75) is 12.8 Å². The third-order valence-electron chi connectivity index (χ3n) is 10.5. The van der Waals surface area contributed by atoms with Crippen molar-refractivity contribution >= 4 is 80.0 Å². The highest BCUT2D eigenvalue weighted by molar-refractivity contribution is 7.26. The average Bonchev–Trinajstić information content (AvgIpc) is 3.78. The molecular formula is C48H30N2S2. The number of benzene rings is 7. The fourth-order valence-corrected chi connectivity index (χ4v) is 10.2. The van der Waals surface area contributed by atoms with Crippen LogP contribution in [0.15, 0.2) is 152 Å². The molecule has 1 aliphatic rings. The first kappa shape index (κ1) is 29.8. The van der Waals surface area contributed by atoms with Crippen LogP contribution in [0.2, 0.25) is 0 Å². The van der Waals surface area contributed by atoms with E-state index in [1.165, 1.54) is 74.4 Å². The molecule has 0 aliphatic heterocycles. The molecule has 244 valence electrons. The third-order valence-corrected chi connectivity index (χ3v) is 12.8. The van der Waals surface area contributed by atoms with Crippen molar-refractivity contribution in [1.82, 2.24) is 9.97 Å². The van der Waals surface area contributed by atoms with E-state index in [1.54, 1.807) is 11.3 Å². The van der Waals surface area contributed by atoms with Crippen molar-refractivity contribution < 1.29 is 0 Å². The van der Waals surface area contributed by atoms with Gasteiger partial charge in [0.15, 0.2) is 5.82 Å². The summed E-state index contributed by atoms with van der Waals surface area (Å²) in [5, 5.41) is 6.18. The van der Waals surface area contributed by atoms with Crippen molar-refractivity contribution in [1.29, 1.82) is 0 Å². The summed E-state index contributed by atoms with van der Waals surface area (Å²) in [6, 6.07) is 53.1. The SMILES string of the molecule is C1=Cc2cc(-c3cc(-c4nc(-c5ccc6cc(-c7ccccc7)ccc6c5)c5sc6ccccc6c5n4)cc4sc5ccccc5c34)ccc2CC1. The summed E-state index contributed by atoms with van der Waals surface area (Å²) >= 11 is 3.63. The van der Waals surface area contributed by atoms with Gasteiger partial charge in [-0.1, -0.05) is 115 Å². The number of allylic oxidation sites excluding steroid dienone is 1. The van der Waals surface area contributed by atoms with E-state index in [0.29, 0.717) is 0 Å². The van der Waals surface area contributed by atoms with Gasteiger partial charge in [-0.3, -0.25) is 0 Å². The highest BCUT2D eigenvalue weighted by atomic mass is 32.1. The molecule has 0 fully saturated rings. The molecule has 0 saturated carbocycles. The van der Waals surface area contributed by atoms with Gasteiger partial charge in [-0.05, 0) is 99.5 Å². The second-order valence-electron chi connectivity index (χ2n) is 13.7. The first-order valence-corrected chi connectivity index (χ1v) is 19.4. The zero-order valence-electron chi connectivity index (χ0n) is 28.1. The number of fused-ring (bicyclic) bond motifs is 8. The Balaban J connectivity index is 1.14. The van der Waals surface area contributed by atoms with Crippen LogP contribution in [0.25, 0.3) is 102 Å². The lowest BCUT2D eigenvalue weighted by molar-refractivity contribution is 0.986. The Kier molecular flexibility index (Phi) is 6.76. The van der Waals surface area contributed by atoms with Gasteiger partial charge in [-0.2, -0.15) is 0 Å². The van der Waals surface area contributed by atoms with Crippen LogP contribution < -0.4 is 0 Å². The lowest BCUT2D eigenvalue weighted by Gasteiger charge is -2.14. The van der Waals surface area contributed by atoms with Crippen LogP contribution in [-0.4, -0.2) is 9.97 Å². The molecule has 1 aliphatic carbocycles. The Labute approximate surface area is 309 Å². The van der Waals surface area contributed by atoms with Crippen LogP contribution in [0.4, 0.5) is 0 Å². The maximum absolute atomic E-state index is 5.47. The molecule has 11 rings (SSSR count). The Bertz CT molecular complexity index is 3080. The van der Waals surface area contributed by atoms with E-state index in [0.717, 1.165) is 45.7 Å². The molecule has 0 N–H and O–H groups in total. The van der Waals surface area contributed by atoms with E-state index >= 15 is 0 Å². The molecular weight excluding hydrogens is 669 g/mol. The molecule has 4 heteroatoms. The summed E-state index contributed by atoms with van der Waals surface area (Å²) < 4.78 is 4.89. The summed E-state index contributed by atoms with van der Waals surface area (Å²) in [6.07, 6.45) is 6.78. The molecule has 0 saturated heterocycles. The summed E-state index contributed by atoms with van der Waals surface area (Å²) in [7, 11) is 0. The summed E-state index contributed by atoms with van der Waals surface area (Å²) in [6.45, 7) is 0. The Morgan fingerprint density at radius 2 is 1.23 bits per heavy atom. The van der Waals surface area contributed by atoms with Crippen molar-refractivity contribution in [2.24, 2.45) is 0 Å². The van der Waals surface area contributed by atoms with E-state index in [9.17, 15) is 0 Å². The molecule has 0 bridgehead atoms. The van der Waals surface area contributed by atoms with Crippen LogP contribution in [0.3, 0.4) is 0 Å².